The maximum Gasteiger partial charge on any atom is 0.416 e. The highest BCUT2D eigenvalue weighted by Crippen LogP contribution is 2.31. The van der Waals surface area contributed by atoms with E-state index in [0.717, 1.165) is 12.1 Å². The second kappa shape index (κ2) is 7.31. The van der Waals surface area contributed by atoms with Gasteiger partial charge in [0.2, 0.25) is 0 Å². The molecule has 0 aliphatic heterocycles. The molecule has 0 aliphatic carbocycles. The van der Waals surface area contributed by atoms with Crippen molar-refractivity contribution in [2.45, 2.75) is 18.7 Å². The van der Waals surface area contributed by atoms with E-state index in [0.29, 0.717) is 12.1 Å². The van der Waals surface area contributed by atoms with E-state index in [1.54, 1.807) is 0 Å². The van der Waals surface area contributed by atoms with Crippen LogP contribution in [0.2, 0.25) is 0 Å². The zero-order valence-electron chi connectivity index (χ0n) is 22.9. The zero-order chi connectivity index (χ0) is 26.4. The summed E-state index contributed by atoms with van der Waals surface area (Å²) < 4.78 is 138. The predicted molar refractivity (Wildman–Crippen MR) is 79.8 cm³/mol. The fourth-order valence-electron chi connectivity index (χ4n) is 1.51. The van der Waals surface area contributed by atoms with Crippen LogP contribution in [0.5, 0.6) is 5.75 Å². The molecule has 0 saturated carbocycles. The Balaban J connectivity index is 2.73. The normalized spacial score (nSPS) is 22.7. The summed E-state index contributed by atoms with van der Waals surface area (Å²) in [7, 11) is 0. The van der Waals surface area contributed by atoms with Crippen molar-refractivity contribution in [2.75, 3.05) is 13.5 Å². The molecule has 0 saturated heterocycles. The molecule has 1 unspecified atom stereocenters. The average molecular weight is 321 g/mol. The summed E-state index contributed by atoms with van der Waals surface area (Å²) in [6.45, 7) is -6.63. The smallest absolute Gasteiger partial charge is 0.416 e. The number of hydrogen-bond donors (Lipinski definition) is 1. The van der Waals surface area contributed by atoms with Gasteiger partial charge in [0.1, 0.15) is 11.9 Å². The Kier molecular flexibility index (Phi) is 2.20. The highest BCUT2D eigenvalue weighted by Gasteiger charge is 2.30. The summed E-state index contributed by atoms with van der Waals surface area (Å²) in [6, 6.07) is -1.86. The molecule has 0 spiro atoms. The number of nitrogens with one attached hydrogen (secondary N) is 1. The molecule has 118 valence electrons. The van der Waals surface area contributed by atoms with Gasteiger partial charge in [0.05, 0.1) is 12.4 Å². The third-order valence-electron chi connectivity index (χ3n) is 2.48. The number of rotatable bonds is 6. The maximum atomic E-state index is 12.9. The van der Waals surface area contributed by atoms with Crippen molar-refractivity contribution in [1.29, 1.82) is 0 Å². The predicted octanol–water partition coefficient (Wildman–Crippen LogP) is 4.44. The van der Waals surface area contributed by atoms with Gasteiger partial charge < -0.3 is 10.1 Å². The van der Waals surface area contributed by atoms with Crippen molar-refractivity contribution in [1.82, 2.24) is 5.32 Å². The lowest BCUT2D eigenvalue weighted by Gasteiger charge is -2.20. The summed E-state index contributed by atoms with van der Waals surface area (Å²) in [6.07, 6.45) is -10.5. The fraction of sp³-hybridized carbons (Fsp3) is 0.294. The summed E-state index contributed by atoms with van der Waals surface area (Å²) in [5, 5.41) is 1.46. The van der Waals surface area contributed by atoms with Gasteiger partial charge in [-0.2, -0.15) is 13.2 Å². The van der Waals surface area contributed by atoms with Gasteiger partial charge in [0.15, 0.2) is 0 Å². The maximum absolute atomic E-state index is 12.9. The standard InChI is InChI=1S/C17H18F3NO/c1-21-12-11-16(13-5-3-2-4-6-13)22-15-9-7-14(8-10-15)17(18,19)20/h2-10,16,21H,11-12H2,1H3/i1D3,2D,3D,4D,5D,6D,11D2,12D2. The molecule has 5 heteroatoms. The number of halogens is 3. The molecule has 0 aliphatic rings. The molecular formula is C17H18F3NO. The summed E-state index contributed by atoms with van der Waals surface area (Å²) >= 11 is 0. The van der Waals surface area contributed by atoms with Crippen molar-refractivity contribution in [3.05, 3.63) is 65.6 Å². The Hall–Kier alpha value is -2.01. The summed E-state index contributed by atoms with van der Waals surface area (Å²) in [5.41, 5.74) is -1.94. The van der Waals surface area contributed by atoms with Crippen LogP contribution >= 0.6 is 0 Å². The topological polar surface area (TPSA) is 21.3 Å². The van der Waals surface area contributed by atoms with Gasteiger partial charge in [-0.05, 0) is 43.3 Å². The van der Waals surface area contributed by atoms with Gasteiger partial charge in [-0.1, -0.05) is 30.2 Å². The van der Waals surface area contributed by atoms with Gasteiger partial charge in [-0.3, -0.25) is 0 Å². The van der Waals surface area contributed by atoms with Crippen molar-refractivity contribution in [2.24, 2.45) is 0 Å². The molecule has 2 nitrogen and oxygen atoms in total. The lowest BCUT2D eigenvalue weighted by molar-refractivity contribution is -0.137. The quantitative estimate of drug-likeness (QED) is 0.849. The zero-order valence-corrected chi connectivity index (χ0v) is 10.9. The minimum Gasteiger partial charge on any atom is -0.486 e. The van der Waals surface area contributed by atoms with Crippen LogP contribution in [0.15, 0.2) is 54.5 Å². The SMILES string of the molecule is [2H]c1c([2H])c([2H])c(C(Oc2ccc(C(F)(F)F)cc2)C([2H])([2H])C([2H])([2H])NC([2H])([2H])[2H])c([2H])c1[2H]. The molecule has 0 aromatic heterocycles. The Morgan fingerprint density at radius 2 is 1.91 bits per heavy atom. The molecule has 2 aromatic rings. The minimum absolute atomic E-state index is 0.460. The molecule has 1 atom stereocenters. The third-order valence-corrected chi connectivity index (χ3v) is 2.48. The van der Waals surface area contributed by atoms with E-state index in [4.69, 9.17) is 21.2 Å². The Bertz CT molecular complexity index is 1020. The molecule has 0 amide bonds. The van der Waals surface area contributed by atoms with E-state index >= 15 is 0 Å². The Morgan fingerprint density at radius 1 is 1.23 bits per heavy atom. The average Bonchev–Trinajstić information content (AvgIpc) is 2.68. The van der Waals surface area contributed by atoms with Gasteiger partial charge in [0, 0.05) is 16.0 Å². The van der Waals surface area contributed by atoms with Crippen LogP contribution in [0.25, 0.3) is 0 Å². The molecule has 0 radical (unpaired) electrons. The van der Waals surface area contributed by atoms with E-state index in [1.165, 1.54) is 5.32 Å². The second-order valence-corrected chi connectivity index (χ2v) is 3.95. The van der Waals surface area contributed by atoms with E-state index in [9.17, 15) is 13.2 Å². The first-order valence-corrected chi connectivity index (χ1v) is 5.91. The van der Waals surface area contributed by atoms with Crippen molar-refractivity contribution < 1.29 is 34.4 Å². The van der Waals surface area contributed by atoms with Gasteiger partial charge >= 0.3 is 6.18 Å². The first kappa shape index (κ1) is 6.62. The third kappa shape index (κ3) is 4.49. The second-order valence-electron chi connectivity index (χ2n) is 3.95. The summed E-state index contributed by atoms with van der Waals surface area (Å²) in [5.74, 6) is -0.460. The van der Waals surface area contributed by atoms with Crippen LogP contribution < -0.4 is 10.1 Å². The lowest BCUT2D eigenvalue weighted by atomic mass is 10.1. The summed E-state index contributed by atoms with van der Waals surface area (Å²) in [4.78, 5) is 0. The fourth-order valence-corrected chi connectivity index (χ4v) is 1.51. The van der Waals surface area contributed by atoms with E-state index in [-0.39, 0.29) is 0 Å². The number of hydrogen-bond acceptors (Lipinski definition) is 2. The van der Waals surface area contributed by atoms with Crippen LogP contribution in [0, 0.1) is 0 Å². The minimum atomic E-state index is -4.71. The number of benzene rings is 2. The Morgan fingerprint density at radius 3 is 2.50 bits per heavy atom. The monoisotopic (exact) mass is 321 g/mol. The molecule has 0 heterocycles. The number of alkyl halides is 3. The lowest BCUT2D eigenvalue weighted by Crippen LogP contribution is -2.16. The van der Waals surface area contributed by atoms with Crippen molar-refractivity contribution in [3.8, 4) is 5.75 Å². The van der Waals surface area contributed by atoms with Crippen LogP contribution in [0.4, 0.5) is 13.2 Å². The van der Waals surface area contributed by atoms with Gasteiger partial charge in [0.25, 0.3) is 0 Å². The molecule has 0 fully saturated rings. The number of ether oxygens (including phenoxy) is 1. The Labute approximate surface area is 144 Å². The molecule has 1 N–H and O–H groups in total. The van der Waals surface area contributed by atoms with Crippen molar-refractivity contribution >= 4 is 0 Å². The van der Waals surface area contributed by atoms with Gasteiger partial charge in [-0.15, -0.1) is 0 Å². The highest BCUT2D eigenvalue weighted by atomic mass is 19.4. The van der Waals surface area contributed by atoms with Crippen LogP contribution in [-0.4, -0.2) is 13.5 Å². The molecule has 2 rings (SSSR count). The van der Waals surface area contributed by atoms with E-state index in [1.807, 2.05) is 0 Å². The van der Waals surface area contributed by atoms with Gasteiger partial charge in [-0.25, -0.2) is 0 Å². The highest BCUT2D eigenvalue weighted by molar-refractivity contribution is 5.30. The van der Waals surface area contributed by atoms with E-state index in [2.05, 4.69) is 0 Å². The van der Waals surface area contributed by atoms with E-state index < -0.39 is 79.2 Å². The molecule has 0 bridgehead atoms. The first-order chi connectivity index (χ1) is 15.2. The molecule has 2 aromatic carbocycles. The molecule has 22 heavy (non-hydrogen) atoms. The largest absolute Gasteiger partial charge is 0.486 e. The van der Waals surface area contributed by atoms with Crippen LogP contribution in [0.3, 0.4) is 0 Å². The molecular weight excluding hydrogens is 291 g/mol. The van der Waals surface area contributed by atoms with Crippen molar-refractivity contribution in [3.63, 3.8) is 0 Å². The first-order valence-electron chi connectivity index (χ1n) is 11.9. The van der Waals surface area contributed by atoms with Crippen LogP contribution in [0.1, 0.15) is 40.1 Å². The van der Waals surface area contributed by atoms with Crippen LogP contribution in [-0.2, 0) is 6.18 Å².